The van der Waals surface area contributed by atoms with Gasteiger partial charge in [-0.3, -0.25) is 0 Å². The molecule has 0 saturated carbocycles. The van der Waals surface area contributed by atoms with Crippen LogP contribution in [0.5, 0.6) is 0 Å². The fraction of sp³-hybridized carbons (Fsp3) is 0.250. The van der Waals surface area contributed by atoms with Gasteiger partial charge in [0.15, 0.2) is 0 Å². The lowest BCUT2D eigenvalue weighted by Crippen LogP contribution is -2.18. The second kappa shape index (κ2) is 6.85. The number of rotatable bonds is 6. The minimum atomic E-state index is -0.904. The number of carbonyl (C=O) groups is 1. The van der Waals surface area contributed by atoms with Gasteiger partial charge < -0.3 is 15.3 Å². The van der Waals surface area contributed by atoms with Crippen LogP contribution in [0.2, 0.25) is 0 Å². The van der Waals surface area contributed by atoms with Crippen molar-refractivity contribution in [2.75, 3.05) is 19.0 Å². The van der Waals surface area contributed by atoms with E-state index in [9.17, 15) is 4.79 Å². The SMILES string of the molecule is CN(C)c1ncccc1CNCc1cccc(C(=O)O)c1. The summed E-state index contributed by atoms with van der Waals surface area (Å²) in [7, 11) is 3.92. The summed E-state index contributed by atoms with van der Waals surface area (Å²) in [6, 6.07) is 10.9. The molecule has 0 amide bonds. The van der Waals surface area contributed by atoms with Gasteiger partial charge in [0, 0.05) is 38.9 Å². The lowest BCUT2D eigenvalue weighted by Gasteiger charge is -2.16. The van der Waals surface area contributed by atoms with E-state index in [0.29, 0.717) is 18.7 Å². The minimum Gasteiger partial charge on any atom is -0.478 e. The minimum absolute atomic E-state index is 0.310. The van der Waals surface area contributed by atoms with Crippen molar-refractivity contribution >= 4 is 11.8 Å². The number of nitrogens with one attached hydrogen (secondary N) is 1. The molecule has 1 aromatic carbocycles. The van der Waals surface area contributed by atoms with E-state index in [2.05, 4.69) is 10.3 Å². The smallest absolute Gasteiger partial charge is 0.335 e. The number of pyridine rings is 1. The molecule has 0 unspecified atom stereocenters. The largest absolute Gasteiger partial charge is 0.478 e. The van der Waals surface area contributed by atoms with E-state index in [-0.39, 0.29) is 0 Å². The van der Waals surface area contributed by atoms with Gasteiger partial charge in [-0.05, 0) is 23.8 Å². The van der Waals surface area contributed by atoms with Crippen LogP contribution in [-0.4, -0.2) is 30.2 Å². The Labute approximate surface area is 124 Å². The third-order valence-electron chi connectivity index (χ3n) is 3.11. The van der Waals surface area contributed by atoms with E-state index >= 15 is 0 Å². The molecule has 0 spiro atoms. The van der Waals surface area contributed by atoms with Crippen LogP contribution in [0.15, 0.2) is 42.6 Å². The molecule has 1 aromatic heterocycles. The Morgan fingerprint density at radius 1 is 1.24 bits per heavy atom. The molecule has 1 heterocycles. The van der Waals surface area contributed by atoms with E-state index in [0.717, 1.165) is 16.9 Å². The topological polar surface area (TPSA) is 65.5 Å². The first-order valence-electron chi connectivity index (χ1n) is 6.72. The van der Waals surface area contributed by atoms with Crippen LogP contribution in [0.3, 0.4) is 0 Å². The van der Waals surface area contributed by atoms with Gasteiger partial charge in [-0.15, -0.1) is 0 Å². The second-order valence-electron chi connectivity index (χ2n) is 4.99. The summed E-state index contributed by atoms with van der Waals surface area (Å²) >= 11 is 0. The molecule has 5 nitrogen and oxygen atoms in total. The van der Waals surface area contributed by atoms with Crippen LogP contribution in [0.4, 0.5) is 5.82 Å². The number of carboxylic acid groups (broad SMARTS) is 1. The highest BCUT2D eigenvalue weighted by molar-refractivity contribution is 5.87. The molecule has 0 radical (unpaired) electrons. The first-order chi connectivity index (χ1) is 10.1. The Bertz CT molecular complexity index is 626. The average Bonchev–Trinajstić information content (AvgIpc) is 2.48. The highest BCUT2D eigenvalue weighted by atomic mass is 16.4. The number of hydrogen-bond acceptors (Lipinski definition) is 4. The van der Waals surface area contributed by atoms with Gasteiger partial charge in [0.2, 0.25) is 0 Å². The van der Waals surface area contributed by atoms with Crippen LogP contribution < -0.4 is 10.2 Å². The number of nitrogens with zero attached hydrogens (tertiary/aromatic N) is 2. The maximum atomic E-state index is 10.9. The van der Waals surface area contributed by atoms with Gasteiger partial charge in [0.05, 0.1) is 5.56 Å². The van der Waals surface area contributed by atoms with Crippen molar-refractivity contribution in [1.29, 1.82) is 0 Å². The Balaban J connectivity index is 1.99. The van der Waals surface area contributed by atoms with Crippen LogP contribution in [0.1, 0.15) is 21.5 Å². The molecule has 0 saturated heterocycles. The quantitative estimate of drug-likeness (QED) is 0.851. The molecule has 0 aliphatic heterocycles. The number of aromatic carboxylic acids is 1. The molecular formula is C16H19N3O2. The summed E-state index contributed by atoms with van der Waals surface area (Å²) in [6.07, 6.45) is 1.77. The molecular weight excluding hydrogens is 266 g/mol. The number of hydrogen-bond donors (Lipinski definition) is 2. The van der Waals surface area contributed by atoms with Crippen molar-refractivity contribution < 1.29 is 9.90 Å². The Hall–Kier alpha value is -2.40. The molecule has 2 N–H and O–H groups in total. The van der Waals surface area contributed by atoms with E-state index < -0.39 is 5.97 Å². The highest BCUT2D eigenvalue weighted by Gasteiger charge is 2.06. The zero-order chi connectivity index (χ0) is 15.2. The summed E-state index contributed by atoms with van der Waals surface area (Å²) in [6.45, 7) is 1.29. The summed E-state index contributed by atoms with van der Waals surface area (Å²) in [5.41, 5.74) is 2.37. The second-order valence-corrected chi connectivity index (χ2v) is 4.99. The number of benzene rings is 1. The van der Waals surface area contributed by atoms with Gasteiger partial charge in [0.25, 0.3) is 0 Å². The summed E-state index contributed by atoms with van der Waals surface area (Å²) in [4.78, 5) is 17.3. The molecule has 0 aliphatic carbocycles. The van der Waals surface area contributed by atoms with Gasteiger partial charge in [0.1, 0.15) is 5.82 Å². The van der Waals surface area contributed by atoms with Crippen molar-refractivity contribution in [1.82, 2.24) is 10.3 Å². The molecule has 0 fully saturated rings. The molecule has 0 atom stereocenters. The van der Waals surface area contributed by atoms with Gasteiger partial charge in [-0.25, -0.2) is 9.78 Å². The normalized spacial score (nSPS) is 10.4. The van der Waals surface area contributed by atoms with Crippen LogP contribution in [-0.2, 0) is 13.1 Å². The van der Waals surface area contributed by atoms with Crippen LogP contribution in [0.25, 0.3) is 0 Å². The van der Waals surface area contributed by atoms with E-state index in [1.165, 1.54) is 0 Å². The number of aromatic nitrogens is 1. The van der Waals surface area contributed by atoms with Gasteiger partial charge in [-0.2, -0.15) is 0 Å². The lowest BCUT2D eigenvalue weighted by molar-refractivity contribution is 0.0696. The van der Waals surface area contributed by atoms with E-state index in [1.54, 1.807) is 24.4 Å². The third kappa shape index (κ3) is 4.03. The lowest BCUT2D eigenvalue weighted by atomic mass is 10.1. The Kier molecular flexibility index (Phi) is 4.90. The predicted molar refractivity (Wildman–Crippen MR) is 82.5 cm³/mol. The van der Waals surface area contributed by atoms with Crippen molar-refractivity contribution in [3.63, 3.8) is 0 Å². The van der Waals surface area contributed by atoms with Crippen molar-refractivity contribution in [2.24, 2.45) is 0 Å². The third-order valence-corrected chi connectivity index (χ3v) is 3.11. The highest BCUT2D eigenvalue weighted by Crippen LogP contribution is 2.14. The Morgan fingerprint density at radius 2 is 2.05 bits per heavy atom. The summed E-state index contributed by atoms with van der Waals surface area (Å²) in [5, 5.41) is 12.3. The first-order valence-corrected chi connectivity index (χ1v) is 6.72. The zero-order valence-corrected chi connectivity index (χ0v) is 12.2. The van der Waals surface area contributed by atoms with Gasteiger partial charge in [-0.1, -0.05) is 18.2 Å². The van der Waals surface area contributed by atoms with E-state index in [1.807, 2.05) is 37.2 Å². The first kappa shape index (κ1) is 15.0. The van der Waals surface area contributed by atoms with Gasteiger partial charge >= 0.3 is 5.97 Å². The standard InChI is InChI=1S/C16H19N3O2/c1-19(2)15-14(7-4-8-18-15)11-17-10-12-5-3-6-13(9-12)16(20)21/h3-9,17H,10-11H2,1-2H3,(H,20,21). The average molecular weight is 285 g/mol. The zero-order valence-electron chi connectivity index (χ0n) is 12.2. The number of carboxylic acids is 1. The van der Waals surface area contributed by atoms with Crippen molar-refractivity contribution in [3.8, 4) is 0 Å². The van der Waals surface area contributed by atoms with Crippen LogP contribution >= 0.6 is 0 Å². The fourth-order valence-electron chi connectivity index (χ4n) is 2.13. The summed E-state index contributed by atoms with van der Waals surface area (Å²) in [5.74, 6) is 0.0308. The van der Waals surface area contributed by atoms with Crippen LogP contribution in [0, 0.1) is 0 Å². The summed E-state index contributed by atoms with van der Waals surface area (Å²) < 4.78 is 0. The molecule has 110 valence electrons. The molecule has 2 aromatic rings. The maximum absolute atomic E-state index is 10.9. The van der Waals surface area contributed by atoms with Crippen molar-refractivity contribution in [3.05, 3.63) is 59.3 Å². The molecule has 0 aliphatic rings. The monoisotopic (exact) mass is 285 g/mol. The molecule has 2 rings (SSSR count). The molecule has 5 heteroatoms. The fourth-order valence-corrected chi connectivity index (χ4v) is 2.13. The van der Waals surface area contributed by atoms with E-state index in [4.69, 9.17) is 5.11 Å². The molecule has 0 bridgehead atoms. The van der Waals surface area contributed by atoms with Crippen molar-refractivity contribution in [2.45, 2.75) is 13.1 Å². The number of anilines is 1. The predicted octanol–water partition coefficient (Wildman–Crippen LogP) is 2.14. The molecule has 21 heavy (non-hydrogen) atoms. The Morgan fingerprint density at radius 3 is 2.76 bits per heavy atom. The maximum Gasteiger partial charge on any atom is 0.335 e.